The molecule has 5 fully saturated rings. The van der Waals surface area contributed by atoms with Gasteiger partial charge in [0.15, 0.2) is 11.9 Å². The third-order valence-corrected chi connectivity index (χ3v) is 9.16. The monoisotopic (exact) mass is 479 g/mol. The van der Waals surface area contributed by atoms with E-state index in [1.165, 1.54) is 17.8 Å². The van der Waals surface area contributed by atoms with Crippen molar-refractivity contribution >= 4 is 23.4 Å². The number of hydrogen-bond donors (Lipinski definition) is 1. The first-order chi connectivity index (χ1) is 15.8. The number of hydrogen-bond acceptors (Lipinski definition) is 6. The first-order valence-corrected chi connectivity index (χ1v) is 13.3. The van der Waals surface area contributed by atoms with Crippen molar-refractivity contribution < 1.29 is 28.4 Å². The van der Waals surface area contributed by atoms with Crippen molar-refractivity contribution in [1.29, 1.82) is 0 Å². The Kier molecular flexibility index (Phi) is 6.27. The number of halogens is 1. The second kappa shape index (κ2) is 8.79. The van der Waals surface area contributed by atoms with Gasteiger partial charge in [0, 0.05) is 29.3 Å². The number of ether oxygens (including phenoxy) is 2. The van der Waals surface area contributed by atoms with Gasteiger partial charge in [0.2, 0.25) is 11.7 Å². The summed E-state index contributed by atoms with van der Waals surface area (Å²) in [5.74, 6) is 0.0364. The van der Waals surface area contributed by atoms with E-state index >= 15 is 0 Å². The van der Waals surface area contributed by atoms with Crippen LogP contribution in [0.15, 0.2) is 23.1 Å². The summed E-state index contributed by atoms with van der Waals surface area (Å²) in [6, 6.07) is 4.78. The topological polar surface area (TPSA) is 66.0 Å². The highest BCUT2D eigenvalue weighted by Crippen LogP contribution is 2.60. The zero-order valence-corrected chi connectivity index (χ0v) is 20.6. The molecule has 0 unspecified atom stereocenters. The third kappa shape index (κ3) is 4.01. The lowest BCUT2D eigenvalue weighted by molar-refractivity contribution is -0.571. The molecule has 1 aliphatic carbocycles. The molecule has 1 spiro atoms. The molecule has 5 aliphatic rings. The van der Waals surface area contributed by atoms with E-state index in [4.69, 9.17) is 19.2 Å². The Morgan fingerprint density at radius 2 is 2.03 bits per heavy atom. The molecular formula is C25H34FNO5S. The number of rotatable bonds is 5. The van der Waals surface area contributed by atoms with E-state index in [1.807, 2.05) is 13.2 Å². The third-order valence-electron chi connectivity index (χ3n) is 8.39. The lowest BCUT2D eigenvalue weighted by atomic mass is 9.57. The van der Waals surface area contributed by atoms with Crippen LogP contribution in [0.5, 0.6) is 0 Å². The van der Waals surface area contributed by atoms with Gasteiger partial charge in [-0.05, 0) is 74.8 Å². The highest BCUT2D eigenvalue weighted by Gasteiger charge is 2.69. The molecule has 0 aromatic heterocycles. The van der Waals surface area contributed by atoms with Crippen molar-refractivity contribution in [1.82, 2.24) is 0 Å². The summed E-state index contributed by atoms with van der Waals surface area (Å²) >= 11 is 1.34. The van der Waals surface area contributed by atoms with Crippen LogP contribution >= 0.6 is 11.8 Å². The van der Waals surface area contributed by atoms with Gasteiger partial charge < -0.3 is 14.8 Å². The highest BCUT2D eigenvalue weighted by atomic mass is 32.2. The Hall–Kier alpha value is -1.19. The van der Waals surface area contributed by atoms with E-state index in [9.17, 15) is 9.18 Å². The number of carbonyl (C=O) groups excluding carboxylic acids is 1. The van der Waals surface area contributed by atoms with Crippen LogP contribution in [0.3, 0.4) is 0 Å². The van der Waals surface area contributed by atoms with Gasteiger partial charge in [0.05, 0.1) is 6.10 Å². The predicted octanol–water partition coefficient (Wildman–Crippen LogP) is 5.52. The fraction of sp³-hybridized carbons (Fsp3) is 0.720. The molecular weight excluding hydrogens is 445 g/mol. The van der Waals surface area contributed by atoms with Gasteiger partial charge in [-0.3, -0.25) is 4.79 Å². The summed E-state index contributed by atoms with van der Waals surface area (Å²) in [6.45, 7) is 6.42. The number of fused-ring (bicyclic) bond motifs is 2. The van der Waals surface area contributed by atoms with Gasteiger partial charge in [-0.15, -0.1) is 11.8 Å². The molecule has 8 heteroatoms. The largest absolute Gasteiger partial charge is 0.346 e. The summed E-state index contributed by atoms with van der Waals surface area (Å²) in [6.07, 6.45) is 6.04. The van der Waals surface area contributed by atoms with Crippen molar-refractivity contribution in [3.8, 4) is 0 Å². The zero-order chi connectivity index (χ0) is 23.4. The van der Waals surface area contributed by atoms with Crippen LogP contribution in [0.25, 0.3) is 0 Å². The standard InChI is InChI=1S/C25H34FNO5S/c1-14-5-7-18-15(2)20(8-10-22(28)27-16-6-9-21(33-4)19(26)13-16)29-23-25(18)17(14)11-12-24(3,30-23)31-32-25/h6,9,13-15,17-18,20,23H,5,7-8,10-12H2,1-4H3,(H,27,28)/t14-,15-,17+,18+,20-,23-,24+,25-/m1/s1. The van der Waals surface area contributed by atoms with Crippen LogP contribution in [0.4, 0.5) is 10.1 Å². The lowest BCUT2D eigenvalue weighted by Gasteiger charge is -2.60. The Morgan fingerprint density at radius 1 is 1.21 bits per heavy atom. The first-order valence-electron chi connectivity index (χ1n) is 12.1. The Bertz CT molecular complexity index is 917. The van der Waals surface area contributed by atoms with Crippen LogP contribution in [0, 0.1) is 29.5 Å². The number of carbonyl (C=O) groups is 1. The average Bonchev–Trinajstić information content (AvgIpc) is 3.01. The van der Waals surface area contributed by atoms with Crippen molar-refractivity contribution in [2.45, 2.75) is 88.0 Å². The SMILES string of the molecule is CSc1ccc(NC(=O)CC[C@H]2O[C@@H]3O[C@]4(C)CC[C@H]5[C@H](C)CC[C@@H]([C@H]2C)[C@@]35OO4)cc1F. The van der Waals surface area contributed by atoms with Crippen LogP contribution in [0.1, 0.15) is 59.3 Å². The summed E-state index contributed by atoms with van der Waals surface area (Å²) in [5.41, 5.74) is -0.110. The van der Waals surface area contributed by atoms with E-state index in [0.717, 1.165) is 25.7 Å². The van der Waals surface area contributed by atoms with Crippen molar-refractivity contribution in [3.05, 3.63) is 24.0 Å². The molecule has 1 saturated carbocycles. The van der Waals surface area contributed by atoms with Crippen LogP contribution < -0.4 is 5.32 Å². The first kappa shape index (κ1) is 23.5. The van der Waals surface area contributed by atoms with Gasteiger partial charge >= 0.3 is 0 Å². The minimum Gasteiger partial charge on any atom is -0.346 e. The molecule has 0 radical (unpaired) electrons. The van der Waals surface area contributed by atoms with Crippen molar-refractivity contribution in [3.63, 3.8) is 0 Å². The second-order valence-electron chi connectivity index (χ2n) is 10.4. The lowest BCUT2D eigenvalue weighted by Crippen LogP contribution is -2.70. The second-order valence-corrected chi connectivity index (χ2v) is 11.2. The predicted molar refractivity (Wildman–Crippen MR) is 123 cm³/mol. The smallest absolute Gasteiger partial charge is 0.224 e. The summed E-state index contributed by atoms with van der Waals surface area (Å²) in [7, 11) is 0. The summed E-state index contributed by atoms with van der Waals surface area (Å²) < 4.78 is 27.0. The van der Waals surface area contributed by atoms with Crippen LogP contribution in [0.2, 0.25) is 0 Å². The molecule has 6 nitrogen and oxygen atoms in total. The van der Waals surface area contributed by atoms with E-state index in [2.05, 4.69) is 19.2 Å². The highest BCUT2D eigenvalue weighted by molar-refractivity contribution is 7.98. The number of amides is 1. The summed E-state index contributed by atoms with van der Waals surface area (Å²) in [5, 5.41) is 2.82. The Morgan fingerprint density at radius 3 is 2.79 bits per heavy atom. The fourth-order valence-electron chi connectivity index (χ4n) is 6.55. The van der Waals surface area contributed by atoms with E-state index in [0.29, 0.717) is 35.3 Å². The molecule has 4 heterocycles. The maximum absolute atomic E-state index is 14.0. The molecule has 4 saturated heterocycles. The van der Waals surface area contributed by atoms with Gasteiger partial charge in [0.25, 0.3) is 0 Å². The molecule has 1 N–H and O–H groups in total. The molecule has 182 valence electrons. The molecule has 1 aromatic carbocycles. The number of thioether (sulfide) groups is 1. The van der Waals surface area contributed by atoms with Crippen molar-refractivity contribution in [2.75, 3.05) is 11.6 Å². The zero-order valence-electron chi connectivity index (χ0n) is 19.8. The number of anilines is 1. The minimum atomic E-state index is -0.799. The quantitative estimate of drug-likeness (QED) is 0.443. The average molecular weight is 480 g/mol. The van der Waals surface area contributed by atoms with Crippen LogP contribution in [-0.4, -0.2) is 35.9 Å². The maximum Gasteiger partial charge on any atom is 0.224 e. The fourth-order valence-corrected chi connectivity index (χ4v) is 7.01. The summed E-state index contributed by atoms with van der Waals surface area (Å²) in [4.78, 5) is 25.2. The van der Waals surface area contributed by atoms with E-state index < -0.39 is 17.7 Å². The molecule has 1 amide bonds. The molecule has 4 aliphatic heterocycles. The molecule has 6 rings (SSSR count). The normalized spacial score (nSPS) is 41.8. The number of nitrogens with one attached hydrogen (secondary N) is 1. The minimum absolute atomic E-state index is 0.118. The van der Waals surface area contributed by atoms with Crippen LogP contribution in [-0.2, 0) is 24.0 Å². The van der Waals surface area contributed by atoms with Gasteiger partial charge in [-0.1, -0.05) is 13.8 Å². The molecule has 33 heavy (non-hydrogen) atoms. The number of benzene rings is 1. The van der Waals surface area contributed by atoms with Gasteiger partial charge in [-0.25, -0.2) is 14.2 Å². The molecule has 8 atom stereocenters. The van der Waals surface area contributed by atoms with E-state index in [1.54, 1.807) is 12.1 Å². The van der Waals surface area contributed by atoms with Gasteiger partial charge in [0.1, 0.15) is 5.82 Å². The molecule has 2 bridgehead atoms. The van der Waals surface area contributed by atoms with E-state index in [-0.39, 0.29) is 29.7 Å². The molecule has 1 aromatic rings. The van der Waals surface area contributed by atoms with Crippen molar-refractivity contribution in [2.24, 2.45) is 23.7 Å². The Labute approximate surface area is 199 Å². The maximum atomic E-state index is 14.0. The van der Waals surface area contributed by atoms with Gasteiger partial charge in [-0.2, -0.15) is 0 Å². The Balaban J connectivity index is 1.28.